The van der Waals surface area contributed by atoms with E-state index >= 15 is 0 Å². The molecular formula is C25H26N2O2S. The summed E-state index contributed by atoms with van der Waals surface area (Å²) in [7, 11) is 0. The molecule has 3 aromatic rings. The van der Waals surface area contributed by atoms with E-state index in [4.69, 9.17) is 0 Å². The molecule has 0 radical (unpaired) electrons. The lowest BCUT2D eigenvalue weighted by molar-refractivity contribution is -0.120. The SMILES string of the molecule is Cc1cccc(CN(C(=O)c2cccs2)c2ccc(CC(=O)NCC3CC3)cc2)c1. The summed E-state index contributed by atoms with van der Waals surface area (Å²) in [5, 5.41) is 4.92. The molecule has 154 valence electrons. The van der Waals surface area contributed by atoms with Crippen molar-refractivity contribution in [3.8, 4) is 0 Å². The molecule has 0 atom stereocenters. The molecule has 1 heterocycles. The molecule has 5 heteroatoms. The molecule has 0 unspecified atom stereocenters. The molecule has 1 aromatic heterocycles. The van der Waals surface area contributed by atoms with E-state index in [0.717, 1.165) is 23.4 Å². The van der Waals surface area contributed by atoms with Gasteiger partial charge in [-0.25, -0.2) is 0 Å². The Balaban J connectivity index is 1.50. The summed E-state index contributed by atoms with van der Waals surface area (Å²) in [5.74, 6) is 0.720. The fourth-order valence-electron chi connectivity index (χ4n) is 3.43. The van der Waals surface area contributed by atoms with Gasteiger partial charge >= 0.3 is 0 Å². The van der Waals surface area contributed by atoms with Crippen LogP contribution in [0.25, 0.3) is 0 Å². The number of thiophene rings is 1. The van der Waals surface area contributed by atoms with Gasteiger partial charge in [-0.3, -0.25) is 9.59 Å². The highest BCUT2D eigenvalue weighted by Gasteiger charge is 2.22. The number of hydrogen-bond donors (Lipinski definition) is 1. The summed E-state index contributed by atoms with van der Waals surface area (Å²) in [6.07, 6.45) is 2.82. The minimum Gasteiger partial charge on any atom is -0.356 e. The third kappa shape index (κ3) is 5.36. The standard InChI is InChI=1S/C25H26N2O2S/c1-18-4-2-5-21(14-18)17-27(25(29)23-6-3-13-30-23)22-11-9-19(10-12-22)15-24(28)26-16-20-7-8-20/h2-6,9-14,20H,7-8,15-17H2,1H3,(H,26,28). The van der Waals surface area contributed by atoms with E-state index in [1.807, 2.05) is 53.9 Å². The second-order valence-electron chi connectivity index (χ2n) is 7.95. The fourth-order valence-corrected chi connectivity index (χ4v) is 4.10. The number of anilines is 1. The number of carbonyl (C=O) groups excluding carboxylic acids is 2. The first kappa shape index (κ1) is 20.4. The van der Waals surface area contributed by atoms with Crippen molar-refractivity contribution >= 4 is 28.8 Å². The molecule has 4 nitrogen and oxygen atoms in total. The lowest BCUT2D eigenvalue weighted by atomic mass is 10.1. The first-order valence-corrected chi connectivity index (χ1v) is 11.2. The maximum absolute atomic E-state index is 13.2. The predicted molar refractivity (Wildman–Crippen MR) is 122 cm³/mol. The van der Waals surface area contributed by atoms with E-state index in [-0.39, 0.29) is 11.8 Å². The molecule has 1 aliphatic rings. The topological polar surface area (TPSA) is 49.4 Å². The van der Waals surface area contributed by atoms with Crippen molar-refractivity contribution in [2.24, 2.45) is 5.92 Å². The molecular weight excluding hydrogens is 392 g/mol. The Morgan fingerprint density at radius 2 is 1.83 bits per heavy atom. The monoisotopic (exact) mass is 418 g/mol. The molecule has 0 bridgehead atoms. The number of rotatable bonds is 8. The van der Waals surface area contributed by atoms with Crippen LogP contribution in [0.4, 0.5) is 5.69 Å². The Kier molecular flexibility index (Phi) is 6.29. The molecule has 1 fully saturated rings. The van der Waals surface area contributed by atoms with Gasteiger partial charge in [-0.2, -0.15) is 0 Å². The number of hydrogen-bond acceptors (Lipinski definition) is 3. The average Bonchev–Trinajstić information content (AvgIpc) is 3.41. The van der Waals surface area contributed by atoms with Crippen molar-refractivity contribution in [3.63, 3.8) is 0 Å². The highest BCUT2D eigenvalue weighted by Crippen LogP contribution is 2.27. The van der Waals surface area contributed by atoms with Crippen molar-refractivity contribution < 1.29 is 9.59 Å². The number of benzene rings is 2. The maximum Gasteiger partial charge on any atom is 0.268 e. The number of aryl methyl sites for hydroxylation is 1. The molecule has 0 saturated heterocycles. The van der Waals surface area contributed by atoms with Gasteiger partial charge in [0.25, 0.3) is 5.91 Å². The molecule has 2 amide bonds. The third-order valence-corrected chi connectivity index (χ3v) is 6.16. The molecule has 30 heavy (non-hydrogen) atoms. The van der Waals surface area contributed by atoms with E-state index in [1.54, 1.807) is 4.90 Å². The zero-order valence-electron chi connectivity index (χ0n) is 17.1. The summed E-state index contributed by atoms with van der Waals surface area (Å²) in [6, 6.07) is 19.7. The van der Waals surface area contributed by atoms with Gasteiger partial charge < -0.3 is 10.2 Å². The van der Waals surface area contributed by atoms with Gasteiger partial charge in [-0.05, 0) is 60.4 Å². The van der Waals surface area contributed by atoms with Crippen LogP contribution in [0.5, 0.6) is 0 Å². The summed E-state index contributed by atoms with van der Waals surface area (Å²) in [6.45, 7) is 3.34. The van der Waals surface area contributed by atoms with Crippen LogP contribution in [0.3, 0.4) is 0 Å². The summed E-state index contributed by atoms with van der Waals surface area (Å²) >= 11 is 1.45. The second kappa shape index (κ2) is 9.26. The fraction of sp³-hybridized carbons (Fsp3) is 0.280. The van der Waals surface area contributed by atoms with Crippen LogP contribution >= 0.6 is 11.3 Å². The third-order valence-electron chi connectivity index (χ3n) is 5.30. The van der Waals surface area contributed by atoms with Gasteiger partial charge in [0.2, 0.25) is 5.91 Å². The second-order valence-corrected chi connectivity index (χ2v) is 8.90. The number of carbonyl (C=O) groups is 2. The number of amides is 2. The minimum atomic E-state index is -0.0126. The average molecular weight is 419 g/mol. The Labute approximate surface area is 181 Å². The van der Waals surface area contributed by atoms with Crippen LogP contribution in [-0.2, 0) is 17.8 Å². The van der Waals surface area contributed by atoms with Gasteiger partial charge in [0.05, 0.1) is 17.8 Å². The minimum absolute atomic E-state index is 0.0126. The van der Waals surface area contributed by atoms with E-state index in [2.05, 4.69) is 24.4 Å². The largest absolute Gasteiger partial charge is 0.356 e. The lowest BCUT2D eigenvalue weighted by Gasteiger charge is -2.23. The van der Waals surface area contributed by atoms with Gasteiger partial charge in [-0.15, -0.1) is 11.3 Å². The molecule has 0 spiro atoms. The highest BCUT2D eigenvalue weighted by atomic mass is 32.1. The van der Waals surface area contributed by atoms with Gasteiger partial charge in [0.1, 0.15) is 0 Å². The number of nitrogens with zero attached hydrogens (tertiary/aromatic N) is 1. The molecule has 2 aromatic carbocycles. The van der Waals surface area contributed by atoms with Crippen LogP contribution < -0.4 is 10.2 Å². The Morgan fingerprint density at radius 3 is 2.50 bits per heavy atom. The Morgan fingerprint density at radius 1 is 1.03 bits per heavy atom. The summed E-state index contributed by atoms with van der Waals surface area (Å²) in [4.78, 5) is 27.8. The molecule has 0 aliphatic heterocycles. The summed E-state index contributed by atoms with van der Waals surface area (Å²) < 4.78 is 0. The van der Waals surface area contributed by atoms with Gasteiger partial charge in [-0.1, -0.05) is 48.0 Å². The van der Waals surface area contributed by atoms with E-state index in [1.165, 1.54) is 29.7 Å². The van der Waals surface area contributed by atoms with Crippen LogP contribution in [0, 0.1) is 12.8 Å². The van der Waals surface area contributed by atoms with E-state index in [9.17, 15) is 9.59 Å². The molecule has 1 N–H and O–H groups in total. The van der Waals surface area contributed by atoms with Crippen molar-refractivity contribution in [2.75, 3.05) is 11.4 Å². The first-order valence-electron chi connectivity index (χ1n) is 10.3. The van der Waals surface area contributed by atoms with Crippen LogP contribution in [-0.4, -0.2) is 18.4 Å². The normalized spacial score (nSPS) is 13.1. The smallest absolute Gasteiger partial charge is 0.268 e. The van der Waals surface area contributed by atoms with Crippen LogP contribution in [0.1, 0.15) is 39.2 Å². The van der Waals surface area contributed by atoms with Crippen LogP contribution in [0.15, 0.2) is 66.0 Å². The van der Waals surface area contributed by atoms with E-state index < -0.39 is 0 Å². The first-order chi connectivity index (χ1) is 14.6. The molecule has 1 saturated carbocycles. The van der Waals surface area contributed by atoms with Crippen LogP contribution in [0.2, 0.25) is 0 Å². The van der Waals surface area contributed by atoms with Crippen molar-refractivity contribution in [1.29, 1.82) is 0 Å². The quantitative estimate of drug-likeness (QED) is 0.561. The molecule has 1 aliphatic carbocycles. The van der Waals surface area contributed by atoms with Gasteiger partial charge in [0, 0.05) is 12.2 Å². The lowest BCUT2D eigenvalue weighted by Crippen LogP contribution is -2.30. The number of nitrogens with one attached hydrogen (secondary N) is 1. The zero-order valence-corrected chi connectivity index (χ0v) is 18.0. The zero-order chi connectivity index (χ0) is 20.9. The van der Waals surface area contributed by atoms with Crippen molar-refractivity contribution in [1.82, 2.24) is 5.32 Å². The van der Waals surface area contributed by atoms with Crippen molar-refractivity contribution in [3.05, 3.63) is 87.6 Å². The Hall–Kier alpha value is -2.92. The predicted octanol–water partition coefficient (Wildman–Crippen LogP) is 4.97. The Bertz CT molecular complexity index is 1010. The summed E-state index contributed by atoms with van der Waals surface area (Å²) in [5.41, 5.74) is 4.04. The highest BCUT2D eigenvalue weighted by molar-refractivity contribution is 7.12. The van der Waals surface area contributed by atoms with Crippen molar-refractivity contribution in [2.45, 2.75) is 32.7 Å². The van der Waals surface area contributed by atoms with Gasteiger partial charge in [0.15, 0.2) is 0 Å². The molecule has 4 rings (SSSR count). The van der Waals surface area contributed by atoms with E-state index in [0.29, 0.717) is 23.8 Å². The maximum atomic E-state index is 13.2.